The van der Waals surface area contributed by atoms with Crippen LogP contribution in [0.1, 0.15) is 22.6 Å². The van der Waals surface area contributed by atoms with Crippen LogP contribution in [-0.4, -0.2) is 39.5 Å². The van der Waals surface area contributed by atoms with E-state index in [0.717, 1.165) is 4.47 Å². The van der Waals surface area contributed by atoms with Crippen LogP contribution in [0.25, 0.3) is 0 Å². The van der Waals surface area contributed by atoms with Gasteiger partial charge in [-0.1, -0.05) is 70.0 Å². The van der Waals surface area contributed by atoms with E-state index in [2.05, 4.69) is 20.9 Å². The molecule has 3 N–H and O–H groups in total. The van der Waals surface area contributed by atoms with Crippen LogP contribution in [0.15, 0.2) is 65.1 Å². The molecule has 0 unspecified atom stereocenters. The lowest BCUT2D eigenvalue weighted by Crippen LogP contribution is -2.52. The van der Waals surface area contributed by atoms with Crippen molar-refractivity contribution in [1.29, 1.82) is 0 Å². The summed E-state index contributed by atoms with van der Waals surface area (Å²) in [6, 6.07) is 17.3. The standard InChI is InChI=1S/C24H19BrClNO6/c1-32-21-19-15(11-16(26)27-21)33-24(13-7-9-14(25)10-8-13)18(12-5-3-2-4-6-12)17(22(29)30)20(28)23(19,24)31/h2-11,17-18,20,28,31H,1H3,(H,29,30)/t17-,18-,20-,23+,24+/m1/s1. The summed E-state index contributed by atoms with van der Waals surface area (Å²) in [6.45, 7) is 0. The second kappa shape index (κ2) is 7.70. The van der Waals surface area contributed by atoms with E-state index in [-0.39, 0.29) is 22.3 Å². The molecule has 170 valence electrons. The summed E-state index contributed by atoms with van der Waals surface area (Å²) in [5.74, 6) is -3.50. The summed E-state index contributed by atoms with van der Waals surface area (Å²) in [7, 11) is 1.35. The van der Waals surface area contributed by atoms with Crippen molar-refractivity contribution in [2.75, 3.05) is 7.11 Å². The quantitative estimate of drug-likeness (QED) is 0.438. The molecule has 2 aromatic carbocycles. The fourth-order valence-electron chi connectivity index (χ4n) is 5.39. The zero-order valence-electron chi connectivity index (χ0n) is 17.3. The van der Waals surface area contributed by atoms with Crippen LogP contribution in [-0.2, 0) is 16.0 Å². The molecule has 0 saturated heterocycles. The third kappa shape index (κ3) is 2.88. The maximum absolute atomic E-state index is 12.5. The summed E-state index contributed by atoms with van der Waals surface area (Å²) in [6.07, 6.45) is -1.75. The molecule has 1 aliphatic carbocycles. The third-order valence-corrected chi connectivity index (χ3v) is 7.33. The second-order valence-electron chi connectivity index (χ2n) is 8.14. The molecule has 2 aliphatic rings. The number of methoxy groups -OCH3 is 1. The number of ether oxygens (including phenoxy) is 2. The Morgan fingerprint density at radius 3 is 2.45 bits per heavy atom. The van der Waals surface area contributed by atoms with Gasteiger partial charge < -0.3 is 24.8 Å². The lowest BCUT2D eigenvalue weighted by atomic mass is 9.71. The first-order valence-corrected chi connectivity index (χ1v) is 11.3. The minimum atomic E-state index is -2.21. The van der Waals surface area contributed by atoms with Crippen molar-refractivity contribution >= 4 is 33.5 Å². The molecule has 5 atom stereocenters. The fourth-order valence-corrected chi connectivity index (χ4v) is 5.83. The number of aromatic nitrogens is 1. The Balaban J connectivity index is 1.90. The molecule has 0 amide bonds. The van der Waals surface area contributed by atoms with Crippen molar-refractivity contribution in [1.82, 2.24) is 4.98 Å². The third-order valence-electron chi connectivity index (χ3n) is 6.61. The number of aliphatic hydroxyl groups excluding tert-OH is 1. The van der Waals surface area contributed by atoms with Crippen LogP contribution in [0, 0.1) is 5.92 Å². The van der Waals surface area contributed by atoms with Gasteiger partial charge in [-0.3, -0.25) is 4.79 Å². The SMILES string of the molecule is COc1nc(Cl)cc2c1[C@]1(O)[C@H](O)[C@H](C(=O)O)[C@@H](c3ccccc3)[C@]1(c1ccc(Br)cc1)O2. The van der Waals surface area contributed by atoms with Crippen molar-refractivity contribution in [2.45, 2.75) is 23.2 Å². The molecule has 7 nitrogen and oxygen atoms in total. The van der Waals surface area contributed by atoms with Gasteiger partial charge in [0.25, 0.3) is 0 Å². The van der Waals surface area contributed by atoms with Crippen LogP contribution in [0.3, 0.4) is 0 Å². The van der Waals surface area contributed by atoms with Gasteiger partial charge in [-0.15, -0.1) is 0 Å². The topological polar surface area (TPSA) is 109 Å². The van der Waals surface area contributed by atoms with Crippen LogP contribution >= 0.6 is 27.5 Å². The van der Waals surface area contributed by atoms with E-state index in [9.17, 15) is 20.1 Å². The van der Waals surface area contributed by atoms with Crippen molar-refractivity contribution in [2.24, 2.45) is 5.92 Å². The number of fused-ring (bicyclic) bond motifs is 3. The lowest BCUT2D eigenvalue weighted by Gasteiger charge is -2.40. The van der Waals surface area contributed by atoms with E-state index in [1.54, 1.807) is 54.6 Å². The van der Waals surface area contributed by atoms with Crippen molar-refractivity contribution in [3.63, 3.8) is 0 Å². The molecule has 1 saturated carbocycles. The maximum Gasteiger partial charge on any atom is 0.310 e. The van der Waals surface area contributed by atoms with Gasteiger partial charge in [0.2, 0.25) is 5.88 Å². The first-order valence-electron chi connectivity index (χ1n) is 10.1. The predicted octanol–water partition coefficient (Wildman–Crippen LogP) is 3.84. The van der Waals surface area contributed by atoms with E-state index >= 15 is 0 Å². The Morgan fingerprint density at radius 1 is 1.18 bits per heavy atom. The number of carbonyl (C=O) groups is 1. The van der Waals surface area contributed by atoms with E-state index in [4.69, 9.17) is 21.1 Å². The van der Waals surface area contributed by atoms with Gasteiger partial charge in [0.1, 0.15) is 17.0 Å². The van der Waals surface area contributed by atoms with Crippen LogP contribution < -0.4 is 9.47 Å². The van der Waals surface area contributed by atoms with E-state index in [0.29, 0.717) is 11.1 Å². The molecular formula is C24H19BrClNO6. The number of rotatable bonds is 4. The van der Waals surface area contributed by atoms with Crippen molar-refractivity contribution in [3.8, 4) is 11.6 Å². The van der Waals surface area contributed by atoms with Crippen LogP contribution in [0.4, 0.5) is 0 Å². The normalized spacial score (nSPS) is 29.8. The highest BCUT2D eigenvalue weighted by atomic mass is 79.9. The van der Waals surface area contributed by atoms with Gasteiger partial charge in [0, 0.05) is 16.5 Å². The molecule has 5 rings (SSSR count). The highest BCUT2D eigenvalue weighted by Crippen LogP contribution is 2.69. The second-order valence-corrected chi connectivity index (χ2v) is 9.44. The number of carboxylic acid groups (broad SMARTS) is 1. The molecule has 1 aliphatic heterocycles. The van der Waals surface area contributed by atoms with E-state index in [1.165, 1.54) is 13.2 Å². The number of nitrogens with zero attached hydrogens (tertiary/aromatic N) is 1. The van der Waals surface area contributed by atoms with E-state index < -0.39 is 35.1 Å². The Kier molecular flexibility index (Phi) is 5.17. The summed E-state index contributed by atoms with van der Waals surface area (Å²) in [5.41, 5.74) is -2.77. The Bertz CT molecular complexity index is 1240. The number of carboxylic acids is 1. The van der Waals surface area contributed by atoms with Gasteiger partial charge in [0.05, 0.1) is 18.6 Å². The van der Waals surface area contributed by atoms with Crippen LogP contribution in [0.2, 0.25) is 5.15 Å². The fraction of sp³-hybridized carbons (Fsp3) is 0.250. The average Bonchev–Trinajstić information content (AvgIpc) is 3.17. The van der Waals surface area contributed by atoms with Crippen LogP contribution in [0.5, 0.6) is 11.6 Å². The molecule has 2 heterocycles. The first kappa shape index (κ1) is 22.2. The monoisotopic (exact) mass is 531 g/mol. The molecule has 0 bridgehead atoms. The average molecular weight is 533 g/mol. The van der Waals surface area contributed by atoms with Gasteiger partial charge >= 0.3 is 5.97 Å². The van der Waals surface area contributed by atoms with E-state index in [1.807, 2.05) is 0 Å². The summed E-state index contributed by atoms with van der Waals surface area (Å²) in [5, 5.41) is 34.1. The Hall–Kier alpha value is -2.65. The lowest BCUT2D eigenvalue weighted by molar-refractivity contribution is -0.159. The molecule has 3 aromatic rings. The molecule has 33 heavy (non-hydrogen) atoms. The molecule has 9 heteroatoms. The molecule has 1 aromatic heterocycles. The number of aliphatic carboxylic acids is 1. The maximum atomic E-state index is 12.5. The highest BCUT2D eigenvalue weighted by molar-refractivity contribution is 9.10. The van der Waals surface area contributed by atoms with Crippen molar-refractivity contribution < 1.29 is 29.6 Å². The van der Waals surface area contributed by atoms with Crippen molar-refractivity contribution in [3.05, 3.63) is 87.0 Å². The number of pyridine rings is 1. The zero-order valence-corrected chi connectivity index (χ0v) is 19.6. The zero-order chi connectivity index (χ0) is 23.5. The number of halogens is 2. The Labute approximate surface area is 202 Å². The summed E-state index contributed by atoms with van der Waals surface area (Å²) >= 11 is 9.59. The molecule has 1 fully saturated rings. The first-order chi connectivity index (χ1) is 15.8. The number of aliphatic hydroxyl groups is 2. The smallest absolute Gasteiger partial charge is 0.310 e. The number of benzene rings is 2. The van der Waals surface area contributed by atoms with Gasteiger partial charge in [-0.25, -0.2) is 4.98 Å². The summed E-state index contributed by atoms with van der Waals surface area (Å²) < 4.78 is 12.7. The largest absolute Gasteiger partial charge is 0.481 e. The predicted molar refractivity (Wildman–Crippen MR) is 122 cm³/mol. The highest BCUT2D eigenvalue weighted by Gasteiger charge is 2.78. The molecule has 0 spiro atoms. The summed E-state index contributed by atoms with van der Waals surface area (Å²) in [4.78, 5) is 16.7. The minimum Gasteiger partial charge on any atom is -0.481 e. The number of hydrogen-bond donors (Lipinski definition) is 3. The molecule has 0 radical (unpaired) electrons. The van der Waals surface area contributed by atoms with Gasteiger partial charge in [0.15, 0.2) is 11.2 Å². The number of hydrogen-bond acceptors (Lipinski definition) is 6. The van der Waals surface area contributed by atoms with Gasteiger partial charge in [-0.2, -0.15) is 0 Å². The Morgan fingerprint density at radius 2 is 1.85 bits per heavy atom. The minimum absolute atomic E-state index is 0.0455. The molecular weight excluding hydrogens is 514 g/mol. The van der Waals surface area contributed by atoms with Gasteiger partial charge in [-0.05, 0) is 23.3 Å².